The summed E-state index contributed by atoms with van der Waals surface area (Å²) >= 11 is 5.65. The van der Waals surface area contributed by atoms with Gasteiger partial charge in [-0.25, -0.2) is 0 Å². The number of ether oxygens (including phenoxy) is 1. The first-order chi connectivity index (χ1) is 15.2. The van der Waals surface area contributed by atoms with Gasteiger partial charge in [-0.1, -0.05) is 18.2 Å². The van der Waals surface area contributed by atoms with Crippen molar-refractivity contribution in [3.05, 3.63) is 65.5 Å². The minimum atomic E-state index is -0.293. The molecule has 7 heteroatoms. The number of rotatable bonds is 5. The number of hydrogen-bond acceptors (Lipinski definition) is 5. The van der Waals surface area contributed by atoms with Crippen molar-refractivity contribution in [2.45, 2.75) is 45.3 Å². The SMILES string of the molecule is CCOC(=O)CN1C(=S)N[C@H](c2ccccn2)[C@H]1c1ccc2c(c1)C(C)=CC(C)(C)N2C. The van der Waals surface area contributed by atoms with Crippen LogP contribution in [0.15, 0.2) is 48.7 Å². The summed E-state index contributed by atoms with van der Waals surface area (Å²) in [4.78, 5) is 21.2. The molecule has 0 amide bonds. The molecule has 2 atom stereocenters. The summed E-state index contributed by atoms with van der Waals surface area (Å²) in [7, 11) is 2.12. The van der Waals surface area contributed by atoms with Gasteiger partial charge >= 0.3 is 5.97 Å². The van der Waals surface area contributed by atoms with E-state index in [0.717, 1.165) is 11.3 Å². The van der Waals surface area contributed by atoms with E-state index in [0.29, 0.717) is 11.7 Å². The van der Waals surface area contributed by atoms with E-state index >= 15 is 0 Å². The van der Waals surface area contributed by atoms with E-state index in [1.165, 1.54) is 16.8 Å². The maximum absolute atomic E-state index is 12.4. The Morgan fingerprint density at radius 1 is 1.28 bits per heavy atom. The molecule has 168 valence electrons. The van der Waals surface area contributed by atoms with Crippen LogP contribution in [0.5, 0.6) is 0 Å². The molecule has 0 bridgehead atoms. The van der Waals surface area contributed by atoms with Gasteiger partial charge in [0.25, 0.3) is 0 Å². The fraction of sp³-hybridized carbons (Fsp3) is 0.400. The smallest absolute Gasteiger partial charge is 0.325 e. The van der Waals surface area contributed by atoms with Gasteiger partial charge in [-0.2, -0.15) is 0 Å². The molecule has 1 N–H and O–H groups in total. The second-order valence-electron chi connectivity index (χ2n) is 8.88. The van der Waals surface area contributed by atoms with Crippen LogP contribution < -0.4 is 10.2 Å². The number of carbonyl (C=O) groups is 1. The number of nitrogens with zero attached hydrogens (tertiary/aromatic N) is 3. The zero-order valence-electron chi connectivity index (χ0n) is 19.3. The number of pyridine rings is 1. The Hall–Kier alpha value is -2.93. The summed E-state index contributed by atoms with van der Waals surface area (Å²) in [5.41, 5.74) is 5.54. The van der Waals surface area contributed by atoms with Crippen molar-refractivity contribution in [3.8, 4) is 0 Å². The number of thiocarbonyl (C=S) groups is 1. The van der Waals surface area contributed by atoms with Gasteiger partial charge in [0, 0.05) is 24.5 Å². The molecule has 32 heavy (non-hydrogen) atoms. The molecule has 0 radical (unpaired) electrons. The number of carbonyl (C=O) groups excluding carboxylic acids is 1. The summed E-state index contributed by atoms with van der Waals surface area (Å²) < 4.78 is 5.22. The molecule has 1 aromatic heterocycles. The van der Waals surface area contributed by atoms with Crippen LogP contribution in [-0.2, 0) is 9.53 Å². The summed E-state index contributed by atoms with van der Waals surface area (Å²) in [5.74, 6) is -0.293. The summed E-state index contributed by atoms with van der Waals surface area (Å²) in [6, 6.07) is 12.0. The Bertz CT molecular complexity index is 1070. The molecular formula is C25H30N4O2S. The molecule has 1 fully saturated rings. The highest BCUT2D eigenvalue weighted by Crippen LogP contribution is 2.43. The summed E-state index contributed by atoms with van der Waals surface area (Å²) in [6.07, 6.45) is 4.07. The highest BCUT2D eigenvalue weighted by Gasteiger charge is 2.41. The van der Waals surface area contributed by atoms with Crippen LogP contribution in [0, 0.1) is 0 Å². The number of esters is 1. The fourth-order valence-corrected chi connectivity index (χ4v) is 4.95. The van der Waals surface area contributed by atoms with Crippen LogP contribution in [0.1, 0.15) is 56.6 Å². The predicted molar refractivity (Wildman–Crippen MR) is 131 cm³/mol. The first-order valence-electron chi connectivity index (χ1n) is 10.9. The fourth-order valence-electron chi connectivity index (χ4n) is 4.65. The lowest BCUT2D eigenvalue weighted by Crippen LogP contribution is -2.42. The predicted octanol–water partition coefficient (Wildman–Crippen LogP) is 4.25. The van der Waals surface area contributed by atoms with Gasteiger partial charge in [0.1, 0.15) is 6.54 Å². The number of benzene rings is 1. The molecule has 3 heterocycles. The van der Waals surface area contributed by atoms with E-state index in [-0.39, 0.29) is 30.1 Å². The average molecular weight is 451 g/mol. The lowest BCUT2D eigenvalue weighted by molar-refractivity contribution is -0.143. The van der Waals surface area contributed by atoms with Crippen LogP contribution in [0.4, 0.5) is 5.69 Å². The molecule has 0 spiro atoms. The first-order valence-corrected chi connectivity index (χ1v) is 11.3. The van der Waals surface area contributed by atoms with Gasteiger partial charge in [-0.3, -0.25) is 9.78 Å². The minimum absolute atomic E-state index is 0.0540. The second kappa shape index (κ2) is 8.54. The quantitative estimate of drug-likeness (QED) is 0.540. The normalized spacial score (nSPS) is 21.7. The van der Waals surface area contributed by atoms with Gasteiger partial charge < -0.3 is 19.9 Å². The van der Waals surface area contributed by atoms with Gasteiger partial charge in [0.2, 0.25) is 0 Å². The zero-order chi connectivity index (χ0) is 23.0. The van der Waals surface area contributed by atoms with Crippen molar-refractivity contribution >= 4 is 34.6 Å². The van der Waals surface area contributed by atoms with Crippen molar-refractivity contribution in [1.29, 1.82) is 0 Å². The van der Waals surface area contributed by atoms with Crippen molar-refractivity contribution in [3.63, 3.8) is 0 Å². The molecule has 2 aromatic rings. The van der Waals surface area contributed by atoms with Gasteiger partial charge in [-0.15, -0.1) is 0 Å². The molecule has 1 aromatic carbocycles. The molecule has 6 nitrogen and oxygen atoms in total. The monoisotopic (exact) mass is 450 g/mol. The van der Waals surface area contributed by atoms with E-state index in [1.54, 1.807) is 6.20 Å². The average Bonchev–Trinajstić information content (AvgIpc) is 3.08. The Kier molecular flexibility index (Phi) is 5.95. The second-order valence-corrected chi connectivity index (χ2v) is 9.26. The largest absolute Gasteiger partial charge is 0.465 e. The molecule has 0 saturated carbocycles. The van der Waals surface area contributed by atoms with Gasteiger partial charge in [0.05, 0.1) is 29.9 Å². The maximum Gasteiger partial charge on any atom is 0.325 e. The van der Waals surface area contributed by atoms with Gasteiger partial charge in [-0.05, 0) is 75.3 Å². The van der Waals surface area contributed by atoms with Crippen LogP contribution in [0.25, 0.3) is 5.57 Å². The summed E-state index contributed by atoms with van der Waals surface area (Å²) in [5, 5.41) is 3.92. The third-order valence-electron chi connectivity index (χ3n) is 6.39. The molecule has 1 saturated heterocycles. The topological polar surface area (TPSA) is 57.7 Å². The number of allylic oxidation sites excluding steroid dienone is 1. The van der Waals surface area contributed by atoms with Crippen molar-refractivity contribution in [2.24, 2.45) is 0 Å². The Morgan fingerprint density at radius 3 is 2.75 bits per heavy atom. The van der Waals surface area contributed by atoms with Gasteiger partial charge in [0.15, 0.2) is 5.11 Å². The maximum atomic E-state index is 12.4. The Balaban J connectivity index is 1.78. The third kappa shape index (κ3) is 3.97. The number of anilines is 1. The molecule has 0 aliphatic carbocycles. The number of likely N-dealkylation sites (N-methyl/N-ethyl adjacent to an activating group) is 1. The molecule has 4 rings (SSSR count). The van der Waals surface area contributed by atoms with Crippen LogP contribution >= 0.6 is 12.2 Å². The molecular weight excluding hydrogens is 420 g/mol. The number of hydrogen-bond donors (Lipinski definition) is 1. The van der Waals surface area contributed by atoms with Crippen molar-refractivity contribution in [2.75, 3.05) is 25.1 Å². The summed E-state index contributed by atoms with van der Waals surface area (Å²) in [6.45, 7) is 8.82. The molecule has 0 unspecified atom stereocenters. The molecule has 2 aliphatic heterocycles. The zero-order valence-corrected chi connectivity index (χ0v) is 20.1. The van der Waals surface area contributed by atoms with Crippen molar-refractivity contribution < 1.29 is 9.53 Å². The third-order valence-corrected chi connectivity index (χ3v) is 6.74. The first kappa shape index (κ1) is 22.3. The lowest BCUT2D eigenvalue weighted by atomic mass is 9.86. The Labute approximate surface area is 195 Å². The minimum Gasteiger partial charge on any atom is -0.465 e. The van der Waals surface area contributed by atoms with Crippen LogP contribution in [0.3, 0.4) is 0 Å². The number of aromatic nitrogens is 1. The van der Waals surface area contributed by atoms with E-state index < -0.39 is 0 Å². The van der Waals surface area contributed by atoms with Crippen LogP contribution in [0.2, 0.25) is 0 Å². The Morgan fingerprint density at radius 2 is 2.06 bits per heavy atom. The number of fused-ring (bicyclic) bond motifs is 1. The highest BCUT2D eigenvalue weighted by atomic mass is 32.1. The van der Waals surface area contributed by atoms with E-state index in [9.17, 15) is 4.79 Å². The molecule has 2 aliphatic rings. The van der Waals surface area contributed by atoms with E-state index in [2.05, 4.69) is 67.3 Å². The highest BCUT2D eigenvalue weighted by molar-refractivity contribution is 7.80. The van der Waals surface area contributed by atoms with Crippen molar-refractivity contribution in [1.82, 2.24) is 15.2 Å². The number of nitrogens with one attached hydrogen (secondary N) is 1. The standard InChI is InChI=1S/C25H30N4O2S/c1-6-31-21(30)15-29-23(22(27-24(29)32)19-9-7-8-12-26-19)17-10-11-20-18(13-17)16(2)14-25(3,4)28(20)5/h7-14,22-23H,6,15H2,1-5H3,(H,27,32)/t22-,23-/m1/s1. The lowest BCUT2D eigenvalue weighted by Gasteiger charge is -2.41. The van der Waals surface area contributed by atoms with E-state index in [1.807, 2.05) is 30.0 Å². The van der Waals surface area contributed by atoms with Crippen LogP contribution in [-0.4, -0.2) is 46.7 Å². The van der Waals surface area contributed by atoms with E-state index in [4.69, 9.17) is 17.0 Å².